The number of anilines is 1. The number of halogens is 1. The van der Waals surface area contributed by atoms with E-state index in [4.69, 9.17) is 16.3 Å². The van der Waals surface area contributed by atoms with Gasteiger partial charge in [-0.25, -0.2) is 0 Å². The van der Waals surface area contributed by atoms with Crippen LogP contribution in [0.3, 0.4) is 0 Å². The van der Waals surface area contributed by atoms with Gasteiger partial charge >= 0.3 is 0 Å². The first-order valence-corrected chi connectivity index (χ1v) is 7.37. The second-order valence-corrected chi connectivity index (χ2v) is 5.15. The fourth-order valence-electron chi connectivity index (χ4n) is 1.88. The summed E-state index contributed by atoms with van der Waals surface area (Å²) in [6, 6.07) is 15.9. The molecule has 0 aliphatic heterocycles. The minimum absolute atomic E-state index is 0.749. The van der Waals surface area contributed by atoms with Gasteiger partial charge in [0.1, 0.15) is 5.75 Å². The highest BCUT2D eigenvalue weighted by molar-refractivity contribution is 6.30. The van der Waals surface area contributed by atoms with Crippen LogP contribution in [-0.4, -0.2) is 6.61 Å². The molecule has 0 fully saturated rings. The highest BCUT2D eigenvalue weighted by Gasteiger charge is 1.98. The molecule has 0 saturated carbocycles. The number of benzene rings is 2. The van der Waals surface area contributed by atoms with E-state index < -0.39 is 0 Å². The van der Waals surface area contributed by atoms with Crippen LogP contribution in [0.25, 0.3) is 0 Å². The van der Waals surface area contributed by atoms with E-state index in [1.54, 1.807) is 0 Å². The van der Waals surface area contributed by atoms with Gasteiger partial charge in [0.15, 0.2) is 0 Å². The van der Waals surface area contributed by atoms with E-state index in [1.807, 2.05) is 42.5 Å². The SMILES string of the molecule is CCCCOc1cccc(NCc2cccc(Cl)c2)c1. The second-order valence-electron chi connectivity index (χ2n) is 4.71. The van der Waals surface area contributed by atoms with E-state index in [2.05, 4.69) is 18.3 Å². The van der Waals surface area contributed by atoms with Crippen molar-refractivity contribution in [3.63, 3.8) is 0 Å². The summed E-state index contributed by atoms with van der Waals surface area (Å²) in [6.07, 6.45) is 2.23. The molecule has 20 heavy (non-hydrogen) atoms. The van der Waals surface area contributed by atoms with Crippen LogP contribution >= 0.6 is 11.6 Å². The molecule has 0 heterocycles. The number of rotatable bonds is 7. The van der Waals surface area contributed by atoms with Crippen molar-refractivity contribution in [1.29, 1.82) is 0 Å². The maximum absolute atomic E-state index is 5.97. The molecule has 0 radical (unpaired) electrons. The Labute approximate surface area is 125 Å². The van der Waals surface area contributed by atoms with Crippen LogP contribution in [0.1, 0.15) is 25.3 Å². The number of hydrogen-bond donors (Lipinski definition) is 1. The lowest BCUT2D eigenvalue weighted by molar-refractivity contribution is 0.309. The van der Waals surface area contributed by atoms with E-state index in [1.165, 1.54) is 0 Å². The van der Waals surface area contributed by atoms with Crippen LogP contribution in [0.4, 0.5) is 5.69 Å². The Morgan fingerprint density at radius 1 is 1.10 bits per heavy atom. The molecule has 2 aromatic rings. The van der Waals surface area contributed by atoms with Crippen LogP contribution in [0, 0.1) is 0 Å². The van der Waals surface area contributed by atoms with Crippen molar-refractivity contribution in [2.75, 3.05) is 11.9 Å². The molecule has 3 heteroatoms. The van der Waals surface area contributed by atoms with Crippen LogP contribution < -0.4 is 10.1 Å². The lowest BCUT2D eigenvalue weighted by atomic mass is 10.2. The lowest BCUT2D eigenvalue weighted by Crippen LogP contribution is -2.00. The number of hydrogen-bond acceptors (Lipinski definition) is 2. The monoisotopic (exact) mass is 289 g/mol. The fourth-order valence-corrected chi connectivity index (χ4v) is 2.09. The maximum atomic E-state index is 5.97. The molecule has 2 nitrogen and oxygen atoms in total. The van der Waals surface area contributed by atoms with Crippen molar-refractivity contribution >= 4 is 17.3 Å². The van der Waals surface area contributed by atoms with Crippen molar-refractivity contribution in [3.05, 3.63) is 59.1 Å². The zero-order valence-corrected chi connectivity index (χ0v) is 12.5. The topological polar surface area (TPSA) is 21.3 Å². The number of ether oxygens (including phenoxy) is 1. The van der Waals surface area contributed by atoms with Crippen LogP contribution in [0.15, 0.2) is 48.5 Å². The summed E-state index contributed by atoms with van der Waals surface area (Å²) < 4.78 is 5.70. The van der Waals surface area contributed by atoms with Crippen LogP contribution in [0.2, 0.25) is 5.02 Å². The van der Waals surface area contributed by atoms with Gasteiger partial charge in [-0.2, -0.15) is 0 Å². The standard InChI is InChI=1S/C17H20ClNO/c1-2-3-10-20-17-9-5-8-16(12-17)19-13-14-6-4-7-15(18)11-14/h4-9,11-12,19H,2-3,10,13H2,1H3. The average molecular weight is 290 g/mol. The Bertz CT molecular complexity index is 542. The summed E-state index contributed by atoms with van der Waals surface area (Å²) in [5, 5.41) is 4.15. The fraction of sp³-hybridized carbons (Fsp3) is 0.294. The molecule has 0 unspecified atom stereocenters. The summed E-state index contributed by atoms with van der Waals surface area (Å²) in [5.41, 5.74) is 2.22. The smallest absolute Gasteiger partial charge is 0.121 e. The normalized spacial score (nSPS) is 10.3. The first-order chi connectivity index (χ1) is 9.78. The molecular formula is C17H20ClNO. The first-order valence-electron chi connectivity index (χ1n) is 6.99. The van der Waals surface area contributed by atoms with Gasteiger partial charge in [0.2, 0.25) is 0 Å². The minimum atomic E-state index is 0.749. The molecular weight excluding hydrogens is 270 g/mol. The number of nitrogens with one attached hydrogen (secondary N) is 1. The summed E-state index contributed by atoms with van der Waals surface area (Å²) >= 11 is 5.97. The molecule has 0 aliphatic rings. The summed E-state index contributed by atoms with van der Waals surface area (Å²) in [4.78, 5) is 0. The molecule has 1 N–H and O–H groups in total. The summed E-state index contributed by atoms with van der Waals surface area (Å²) in [5.74, 6) is 0.912. The predicted octanol–water partition coefficient (Wildman–Crippen LogP) is 5.13. The lowest BCUT2D eigenvalue weighted by Gasteiger charge is -2.10. The van der Waals surface area contributed by atoms with Gasteiger partial charge in [0.05, 0.1) is 6.61 Å². The zero-order valence-electron chi connectivity index (χ0n) is 11.7. The Morgan fingerprint density at radius 2 is 1.95 bits per heavy atom. The van der Waals surface area contributed by atoms with E-state index >= 15 is 0 Å². The largest absolute Gasteiger partial charge is 0.494 e. The Kier molecular flexibility index (Phi) is 5.75. The molecule has 0 aliphatic carbocycles. The third kappa shape index (κ3) is 4.78. The van der Waals surface area contributed by atoms with E-state index in [0.29, 0.717) is 0 Å². The molecule has 0 saturated heterocycles. The predicted molar refractivity (Wildman–Crippen MR) is 85.6 cm³/mol. The first kappa shape index (κ1) is 14.7. The number of unbranched alkanes of at least 4 members (excludes halogenated alkanes) is 1. The summed E-state index contributed by atoms with van der Waals surface area (Å²) in [6.45, 7) is 3.68. The van der Waals surface area contributed by atoms with Gasteiger partial charge in [-0.15, -0.1) is 0 Å². The molecule has 106 valence electrons. The van der Waals surface area contributed by atoms with Crippen molar-refractivity contribution in [2.24, 2.45) is 0 Å². The van der Waals surface area contributed by atoms with Gasteiger partial charge in [0.25, 0.3) is 0 Å². The van der Waals surface area contributed by atoms with Crippen molar-refractivity contribution < 1.29 is 4.74 Å². The molecule has 0 atom stereocenters. The molecule has 2 rings (SSSR count). The third-order valence-electron chi connectivity index (χ3n) is 2.99. The molecule has 0 bridgehead atoms. The summed E-state index contributed by atoms with van der Waals surface area (Å²) in [7, 11) is 0. The van der Waals surface area contributed by atoms with Gasteiger partial charge in [-0.1, -0.05) is 43.1 Å². The van der Waals surface area contributed by atoms with Gasteiger partial charge in [-0.05, 0) is 36.2 Å². The van der Waals surface area contributed by atoms with E-state index in [0.717, 1.165) is 48.0 Å². The van der Waals surface area contributed by atoms with Crippen LogP contribution in [0.5, 0.6) is 5.75 Å². The van der Waals surface area contributed by atoms with Crippen LogP contribution in [-0.2, 0) is 6.54 Å². The zero-order chi connectivity index (χ0) is 14.2. The van der Waals surface area contributed by atoms with Gasteiger partial charge < -0.3 is 10.1 Å². The highest BCUT2D eigenvalue weighted by atomic mass is 35.5. The van der Waals surface area contributed by atoms with Gasteiger partial charge in [0, 0.05) is 23.3 Å². The maximum Gasteiger partial charge on any atom is 0.121 e. The third-order valence-corrected chi connectivity index (χ3v) is 3.22. The van der Waals surface area contributed by atoms with E-state index in [-0.39, 0.29) is 0 Å². The average Bonchev–Trinajstić information content (AvgIpc) is 2.46. The molecule has 2 aromatic carbocycles. The Morgan fingerprint density at radius 3 is 2.75 bits per heavy atom. The Balaban J connectivity index is 1.91. The quantitative estimate of drug-likeness (QED) is 0.713. The van der Waals surface area contributed by atoms with E-state index in [9.17, 15) is 0 Å². The highest BCUT2D eigenvalue weighted by Crippen LogP contribution is 2.19. The van der Waals surface area contributed by atoms with Gasteiger partial charge in [-0.3, -0.25) is 0 Å². The Hall–Kier alpha value is -1.67. The van der Waals surface area contributed by atoms with Crippen molar-refractivity contribution in [1.82, 2.24) is 0 Å². The molecule has 0 spiro atoms. The van der Waals surface area contributed by atoms with Crippen molar-refractivity contribution in [3.8, 4) is 5.75 Å². The second kappa shape index (κ2) is 7.81. The molecule has 0 amide bonds. The molecule has 0 aromatic heterocycles. The van der Waals surface area contributed by atoms with Crippen molar-refractivity contribution in [2.45, 2.75) is 26.3 Å². The minimum Gasteiger partial charge on any atom is -0.494 e.